The zero-order valence-corrected chi connectivity index (χ0v) is 12.8. The second-order valence-electron chi connectivity index (χ2n) is 5.84. The van der Waals surface area contributed by atoms with E-state index in [1.165, 1.54) is 0 Å². The van der Waals surface area contributed by atoms with Crippen molar-refractivity contribution >= 4 is 5.91 Å². The molecule has 23 heavy (non-hydrogen) atoms. The Hall–Kier alpha value is -2.57. The van der Waals surface area contributed by atoms with Gasteiger partial charge in [-0.2, -0.15) is 4.98 Å². The van der Waals surface area contributed by atoms with Crippen LogP contribution in [0.15, 0.2) is 22.7 Å². The number of likely N-dealkylation sites (tertiary alicyclic amines) is 1. The third-order valence-corrected chi connectivity index (χ3v) is 4.22. The molecule has 1 aromatic heterocycles. The van der Waals surface area contributed by atoms with E-state index in [1.54, 1.807) is 25.1 Å². The second kappa shape index (κ2) is 5.57. The van der Waals surface area contributed by atoms with Gasteiger partial charge in [0.05, 0.1) is 5.92 Å². The lowest BCUT2D eigenvalue weighted by molar-refractivity contribution is 0.0695. The Kier molecular flexibility index (Phi) is 3.40. The van der Waals surface area contributed by atoms with E-state index in [2.05, 4.69) is 10.1 Å². The quantitative estimate of drug-likeness (QED) is 0.845. The summed E-state index contributed by atoms with van der Waals surface area (Å²) >= 11 is 0. The molecule has 7 nitrogen and oxygen atoms in total. The number of nitrogens with zero attached hydrogens (tertiary/aromatic N) is 3. The van der Waals surface area contributed by atoms with Crippen LogP contribution in [0.2, 0.25) is 0 Å². The van der Waals surface area contributed by atoms with Gasteiger partial charge in [0, 0.05) is 18.7 Å². The summed E-state index contributed by atoms with van der Waals surface area (Å²) in [4.78, 5) is 18.9. The number of aryl methyl sites for hydroxylation is 1. The SMILES string of the molecule is Cc1noc([C@H]2CCCN(C(=O)c3ccc4c(c3)OCO4)C2)n1. The molecule has 2 aliphatic heterocycles. The van der Waals surface area contributed by atoms with Crippen LogP contribution >= 0.6 is 0 Å². The average molecular weight is 315 g/mol. The number of benzene rings is 1. The van der Waals surface area contributed by atoms with E-state index in [0.29, 0.717) is 35.3 Å². The first kappa shape index (κ1) is 14.0. The van der Waals surface area contributed by atoms with Gasteiger partial charge in [0.15, 0.2) is 17.3 Å². The van der Waals surface area contributed by atoms with Gasteiger partial charge in [0.25, 0.3) is 5.91 Å². The summed E-state index contributed by atoms with van der Waals surface area (Å²) in [5, 5.41) is 3.84. The summed E-state index contributed by atoms with van der Waals surface area (Å²) in [5.74, 6) is 2.63. The largest absolute Gasteiger partial charge is 0.454 e. The Bertz CT molecular complexity index is 743. The molecular weight excluding hydrogens is 298 g/mol. The average Bonchev–Trinajstić information content (AvgIpc) is 3.22. The first-order valence-electron chi connectivity index (χ1n) is 7.70. The van der Waals surface area contributed by atoms with Gasteiger partial charge in [-0.3, -0.25) is 4.79 Å². The molecule has 0 radical (unpaired) electrons. The molecule has 1 fully saturated rings. The van der Waals surface area contributed by atoms with Gasteiger partial charge in [0.1, 0.15) is 0 Å². The Morgan fingerprint density at radius 3 is 3.00 bits per heavy atom. The maximum absolute atomic E-state index is 12.7. The highest BCUT2D eigenvalue weighted by Gasteiger charge is 2.29. The third-order valence-electron chi connectivity index (χ3n) is 4.22. The summed E-state index contributed by atoms with van der Waals surface area (Å²) in [7, 11) is 0. The minimum Gasteiger partial charge on any atom is -0.454 e. The number of rotatable bonds is 2. The summed E-state index contributed by atoms with van der Waals surface area (Å²) in [6, 6.07) is 5.29. The number of carbonyl (C=O) groups is 1. The fourth-order valence-corrected chi connectivity index (χ4v) is 3.05. The van der Waals surface area contributed by atoms with Crippen molar-refractivity contribution in [3.05, 3.63) is 35.5 Å². The molecule has 2 aliphatic rings. The molecule has 0 spiro atoms. The Morgan fingerprint density at radius 2 is 2.17 bits per heavy atom. The monoisotopic (exact) mass is 315 g/mol. The van der Waals surface area contributed by atoms with Crippen molar-refractivity contribution in [2.24, 2.45) is 0 Å². The van der Waals surface area contributed by atoms with E-state index >= 15 is 0 Å². The molecule has 1 amide bonds. The molecule has 0 saturated carbocycles. The lowest BCUT2D eigenvalue weighted by atomic mass is 9.97. The molecule has 1 saturated heterocycles. The summed E-state index contributed by atoms with van der Waals surface area (Å²) in [5.41, 5.74) is 0.608. The fourth-order valence-electron chi connectivity index (χ4n) is 3.05. The number of ether oxygens (including phenoxy) is 2. The van der Waals surface area contributed by atoms with Gasteiger partial charge in [-0.25, -0.2) is 0 Å². The van der Waals surface area contributed by atoms with Crippen LogP contribution in [0.3, 0.4) is 0 Å². The maximum Gasteiger partial charge on any atom is 0.254 e. The topological polar surface area (TPSA) is 77.7 Å². The zero-order chi connectivity index (χ0) is 15.8. The molecule has 7 heteroatoms. The number of amides is 1. The predicted octanol–water partition coefficient (Wildman–Crippen LogP) is 2.13. The van der Waals surface area contributed by atoms with Crippen LogP contribution in [0.1, 0.15) is 40.8 Å². The van der Waals surface area contributed by atoms with Crippen molar-refractivity contribution in [2.45, 2.75) is 25.7 Å². The van der Waals surface area contributed by atoms with Crippen LogP contribution in [-0.4, -0.2) is 40.8 Å². The van der Waals surface area contributed by atoms with Gasteiger partial charge in [-0.15, -0.1) is 0 Å². The third kappa shape index (κ3) is 2.62. The van der Waals surface area contributed by atoms with Crippen LogP contribution in [0.5, 0.6) is 11.5 Å². The van der Waals surface area contributed by atoms with Gasteiger partial charge in [-0.05, 0) is 38.0 Å². The van der Waals surface area contributed by atoms with E-state index in [4.69, 9.17) is 14.0 Å². The number of carbonyl (C=O) groups excluding carboxylic acids is 1. The van der Waals surface area contributed by atoms with Crippen LogP contribution < -0.4 is 9.47 Å². The fraction of sp³-hybridized carbons (Fsp3) is 0.438. The molecule has 3 heterocycles. The van der Waals surface area contributed by atoms with E-state index in [-0.39, 0.29) is 18.6 Å². The molecular formula is C16H17N3O4. The first-order chi connectivity index (χ1) is 11.2. The van der Waals surface area contributed by atoms with Crippen LogP contribution in [0.25, 0.3) is 0 Å². The lowest BCUT2D eigenvalue weighted by Crippen LogP contribution is -2.39. The van der Waals surface area contributed by atoms with Crippen molar-refractivity contribution in [1.29, 1.82) is 0 Å². The van der Waals surface area contributed by atoms with Gasteiger partial charge >= 0.3 is 0 Å². The summed E-state index contributed by atoms with van der Waals surface area (Å²) in [6.07, 6.45) is 1.87. The van der Waals surface area contributed by atoms with Crippen molar-refractivity contribution in [3.63, 3.8) is 0 Å². The second-order valence-corrected chi connectivity index (χ2v) is 5.84. The van der Waals surface area contributed by atoms with Crippen molar-refractivity contribution < 1.29 is 18.8 Å². The Balaban J connectivity index is 1.51. The summed E-state index contributed by atoms with van der Waals surface area (Å²) < 4.78 is 15.9. The van der Waals surface area contributed by atoms with E-state index in [9.17, 15) is 4.79 Å². The van der Waals surface area contributed by atoms with Crippen LogP contribution in [0.4, 0.5) is 0 Å². The molecule has 0 unspecified atom stereocenters. The zero-order valence-electron chi connectivity index (χ0n) is 12.8. The lowest BCUT2D eigenvalue weighted by Gasteiger charge is -2.31. The highest BCUT2D eigenvalue weighted by molar-refractivity contribution is 5.95. The Labute approximate surface area is 133 Å². The highest BCUT2D eigenvalue weighted by atomic mass is 16.7. The molecule has 1 aromatic carbocycles. The maximum atomic E-state index is 12.7. The minimum atomic E-state index is -0.00997. The first-order valence-corrected chi connectivity index (χ1v) is 7.70. The van der Waals surface area contributed by atoms with E-state index in [1.807, 2.05) is 4.90 Å². The van der Waals surface area contributed by atoms with Crippen LogP contribution in [-0.2, 0) is 0 Å². The van der Waals surface area contributed by atoms with Gasteiger partial charge in [-0.1, -0.05) is 5.16 Å². The molecule has 0 N–H and O–H groups in total. The van der Waals surface area contributed by atoms with Crippen molar-refractivity contribution in [3.8, 4) is 11.5 Å². The van der Waals surface area contributed by atoms with Gasteiger partial charge in [0.2, 0.25) is 12.7 Å². The number of fused-ring (bicyclic) bond motifs is 1. The van der Waals surface area contributed by atoms with Crippen molar-refractivity contribution in [2.75, 3.05) is 19.9 Å². The molecule has 120 valence electrons. The number of hydrogen-bond acceptors (Lipinski definition) is 6. The van der Waals surface area contributed by atoms with E-state index in [0.717, 1.165) is 19.4 Å². The van der Waals surface area contributed by atoms with Crippen LogP contribution in [0, 0.1) is 6.92 Å². The predicted molar refractivity (Wildman–Crippen MR) is 79.5 cm³/mol. The standard InChI is InChI=1S/C16H17N3O4/c1-10-17-15(23-18-10)12-3-2-6-19(8-12)16(20)11-4-5-13-14(7-11)22-9-21-13/h4-5,7,12H,2-3,6,8-9H2,1H3/t12-/m0/s1. The minimum absolute atomic E-state index is 0.00997. The van der Waals surface area contributed by atoms with Gasteiger partial charge < -0.3 is 18.9 Å². The summed E-state index contributed by atoms with van der Waals surface area (Å²) in [6.45, 7) is 3.33. The molecule has 4 rings (SSSR count). The number of hydrogen-bond donors (Lipinski definition) is 0. The van der Waals surface area contributed by atoms with Crippen molar-refractivity contribution in [1.82, 2.24) is 15.0 Å². The number of aromatic nitrogens is 2. The smallest absolute Gasteiger partial charge is 0.254 e. The normalized spacial score (nSPS) is 19.9. The molecule has 2 aromatic rings. The highest BCUT2D eigenvalue weighted by Crippen LogP contribution is 2.33. The Morgan fingerprint density at radius 1 is 1.30 bits per heavy atom. The molecule has 0 bridgehead atoms. The number of piperidine rings is 1. The molecule has 1 atom stereocenters. The van der Waals surface area contributed by atoms with E-state index < -0.39 is 0 Å². The molecule has 0 aliphatic carbocycles.